The largest absolute Gasteiger partial charge is 0.423 e. The van der Waals surface area contributed by atoms with Gasteiger partial charge in [-0.25, -0.2) is 0 Å². The summed E-state index contributed by atoms with van der Waals surface area (Å²) in [6.07, 6.45) is 6.89. The average molecular weight is 256 g/mol. The topological polar surface area (TPSA) is 46.3 Å². The van der Waals surface area contributed by atoms with Crippen molar-refractivity contribution in [1.82, 2.24) is 4.98 Å². The summed E-state index contributed by atoms with van der Waals surface area (Å²) in [5.41, 5.74) is 1.49. The monoisotopic (exact) mass is 256 g/mol. The molecule has 0 saturated heterocycles. The lowest BCUT2D eigenvalue weighted by Crippen LogP contribution is -2.33. The summed E-state index contributed by atoms with van der Waals surface area (Å²) < 4.78 is 5.62. The Morgan fingerprint density at radius 3 is 2.95 bits per heavy atom. The number of carbonyl (C=O) groups is 1. The van der Waals surface area contributed by atoms with Crippen LogP contribution in [0.25, 0.3) is 11.1 Å². The molecular weight excluding hydrogens is 240 g/mol. The predicted octanol–water partition coefficient (Wildman–Crippen LogP) is 3.15. The van der Waals surface area contributed by atoms with Crippen LogP contribution in [0.1, 0.15) is 19.3 Å². The highest BCUT2D eigenvalue weighted by Gasteiger charge is 2.25. The molecule has 0 spiro atoms. The Morgan fingerprint density at radius 1 is 1.37 bits per heavy atom. The van der Waals surface area contributed by atoms with Gasteiger partial charge in [-0.15, -0.1) is 0 Å². The second-order valence-electron chi connectivity index (χ2n) is 4.84. The third-order valence-corrected chi connectivity index (χ3v) is 3.52. The Hall–Kier alpha value is -2.10. The summed E-state index contributed by atoms with van der Waals surface area (Å²) in [6, 6.07) is 7.91. The van der Waals surface area contributed by atoms with E-state index in [1.807, 2.05) is 24.3 Å². The van der Waals surface area contributed by atoms with Gasteiger partial charge in [-0.3, -0.25) is 9.69 Å². The maximum Gasteiger partial charge on any atom is 0.304 e. The van der Waals surface area contributed by atoms with Crippen molar-refractivity contribution in [3.05, 3.63) is 36.4 Å². The molecule has 0 N–H and O–H groups in total. The van der Waals surface area contributed by atoms with Gasteiger partial charge in [0.1, 0.15) is 5.52 Å². The summed E-state index contributed by atoms with van der Waals surface area (Å²) in [5, 5.41) is 0. The molecule has 1 atom stereocenters. The molecule has 98 valence electrons. The Kier molecular flexibility index (Phi) is 3.07. The zero-order valence-corrected chi connectivity index (χ0v) is 10.9. The number of para-hydroxylation sites is 2. The molecular formula is C15H16N2O2. The summed E-state index contributed by atoms with van der Waals surface area (Å²) in [7, 11) is 1.73. The fraction of sp³-hybridized carbons (Fsp3) is 0.333. The number of benzene rings is 1. The van der Waals surface area contributed by atoms with Gasteiger partial charge in [0.05, 0.1) is 0 Å². The molecule has 0 radical (unpaired) electrons. The Labute approximate surface area is 111 Å². The first-order chi connectivity index (χ1) is 9.25. The van der Waals surface area contributed by atoms with Crippen LogP contribution in [0.2, 0.25) is 0 Å². The van der Waals surface area contributed by atoms with Crippen LogP contribution in [0.3, 0.4) is 0 Å². The molecule has 2 aromatic rings. The number of rotatable bonds is 2. The van der Waals surface area contributed by atoms with E-state index in [9.17, 15) is 4.79 Å². The van der Waals surface area contributed by atoms with E-state index >= 15 is 0 Å². The lowest BCUT2D eigenvalue weighted by atomic mass is 9.93. The van der Waals surface area contributed by atoms with Gasteiger partial charge < -0.3 is 4.42 Å². The molecule has 1 unspecified atom stereocenters. The van der Waals surface area contributed by atoms with E-state index in [1.54, 1.807) is 7.05 Å². The van der Waals surface area contributed by atoms with Crippen LogP contribution >= 0.6 is 0 Å². The van der Waals surface area contributed by atoms with Crippen molar-refractivity contribution in [1.29, 1.82) is 0 Å². The predicted molar refractivity (Wildman–Crippen MR) is 73.9 cm³/mol. The minimum Gasteiger partial charge on any atom is -0.423 e. The number of oxazole rings is 1. The third-order valence-electron chi connectivity index (χ3n) is 3.52. The van der Waals surface area contributed by atoms with E-state index in [2.05, 4.69) is 17.1 Å². The van der Waals surface area contributed by atoms with Gasteiger partial charge in [-0.1, -0.05) is 24.3 Å². The first-order valence-corrected chi connectivity index (χ1v) is 6.54. The molecule has 4 nitrogen and oxygen atoms in total. The highest BCUT2D eigenvalue weighted by Crippen LogP contribution is 2.25. The molecule has 1 amide bonds. The van der Waals surface area contributed by atoms with Crippen LogP contribution in [-0.2, 0) is 4.79 Å². The lowest BCUT2D eigenvalue weighted by molar-refractivity contribution is -0.122. The summed E-state index contributed by atoms with van der Waals surface area (Å²) in [5.74, 6) is 0.126. The Bertz CT molecular complexity index is 597. The zero-order chi connectivity index (χ0) is 13.2. The molecule has 4 heteroatoms. The quantitative estimate of drug-likeness (QED) is 0.775. The molecule has 1 aliphatic rings. The summed E-state index contributed by atoms with van der Waals surface area (Å²) in [4.78, 5) is 18.2. The number of allylic oxidation sites excluding steroid dienone is 2. The smallest absolute Gasteiger partial charge is 0.304 e. The number of fused-ring (bicyclic) bond motifs is 1. The molecule has 19 heavy (non-hydrogen) atoms. The highest BCUT2D eigenvalue weighted by molar-refractivity contribution is 5.93. The number of anilines is 1. The average Bonchev–Trinajstić information content (AvgIpc) is 2.90. The third kappa shape index (κ3) is 2.26. The maximum atomic E-state index is 12.4. The lowest BCUT2D eigenvalue weighted by Gasteiger charge is -2.21. The van der Waals surface area contributed by atoms with Crippen molar-refractivity contribution in [3.63, 3.8) is 0 Å². The molecule has 1 aliphatic carbocycles. The molecule has 0 fully saturated rings. The minimum atomic E-state index is 0.0463. The molecule has 3 rings (SSSR count). The number of nitrogens with zero attached hydrogens (tertiary/aromatic N) is 2. The standard InChI is InChI=1S/C15H16N2O2/c1-17(14(18)11-7-3-2-4-8-11)15-16-12-9-5-6-10-13(12)19-15/h2-3,5-6,9-11H,4,7-8H2,1H3. The van der Waals surface area contributed by atoms with Crippen LogP contribution in [-0.4, -0.2) is 17.9 Å². The number of carbonyl (C=O) groups excluding carboxylic acids is 1. The Morgan fingerprint density at radius 2 is 2.21 bits per heavy atom. The van der Waals surface area contributed by atoms with Crippen LogP contribution < -0.4 is 4.90 Å². The van der Waals surface area contributed by atoms with Crippen LogP contribution in [0.5, 0.6) is 0 Å². The molecule has 0 saturated carbocycles. The maximum absolute atomic E-state index is 12.4. The van der Waals surface area contributed by atoms with E-state index in [4.69, 9.17) is 4.42 Å². The van der Waals surface area contributed by atoms with Crippen LogP contribution in [0.15, 0.2) is 40.8 Å². The number of hydrogen-bond donors (Lipinski definition) is 0. The fourth-order valence-corrected chi connectivity index (χ4v) is 2.39. The van der Waals surface area contributed by atoms with E-state index in [0.717, 1.165) is 24.8 Å². The first kappa shape index (κ1) is 12.0. The van der Waals surface area contributed by atoms with Crippen molar-refractivity contribution in [3.8, 4) is 0 Å². The molecule has 0 bridgehead atoms. The van der Waals surface area contributed by atoms with E-state index in [-0.39, 0.29) is 11.8 Å². The summed E-state index contributed by atoms with van der Waals surface area (Å²) in [6.45, 7) is 0. The fourth-order valence-electron chi connectivity index (χ4n) is 2.39. The van der Waals surface area contributed by atoms with Crippen LogP contribution in [0, 0.1) is 5.92 Å². The van der Waals surface area contributed by atoms with Crippen molar-refractivity contribution in [2.75, 3.05) is 11.9 Å². The second kappa shape index (κ2) is 4.88. The number of amides is 1. The molecule has 1 heterocycles. The van der Waals surface area contributed by atoms with Gasteiger partial charge in [-0.2, -0.15) is 4.98 Å². The van der Waals surface area contributed by atoms with Crippen LogP contribution in [0.4, 0.5) is 6.01 Å². The number of hydrogen-bond acceptors (Lipinski definition) is 3. The highest BCUT2D eigenvalue weighted by atomic mass is 16.4. The normalized spacial score (nSPS) is 18.7. The van der Waals surface area contributed by atoms with E-state index in [1.165, 1.54) is 4.90 Å². The Balaban J connectivity index is 1.84. The van der Waals surface area contributed by atoms with E-state index in [0.29, 0.717) is 11.6 Å². The van der Waals surface area contributed by atoms with Gasteiger partial charge in [0.25, 0.3) is 0 Å². The zero-order valence-electron chi connectivity index (χ0n) is 10.9. The first-order valence-electron chi connectivity index (χ1n) is 6.54. The second-order valence-corrected chi connectivity index (χ2v) is 4.84. The van der Waals surface area contributed by atoms with Gasteiger partial charge >= 0.3 is 6.01 Å². The van der Waals surface area contributed by atoms with Gasteiger partial charge in [0, 0.05) is 13.0 Å². The minimum absolute atomic E-state index is 0.0463. The molecule has 1 aromatic carbocycles. The summed E-state index contributed by atoms with van der Waals surface area (Å²) >= 11 is 0. The van der Waals surface area contributed by atoms with Crippen molar-refractivity contribution in [2.24, 2.45) is 5.92 Å². The van der Waals surface area contributed by atoms with Crippen molar-refractivity contribution in [2.45, 2.75) is 19.3 Å². The SMILES string of the molecule is CN(C(=O)C1CC=CCC1)c1nc2ccccc2o1. The van der Waals surface area contributed by atoms with Gasteiger partial charge in [-0.05, 0) is 31.4 Å². The number of aromatic nitrogens is 1. The van der Waals surface area contributed by atoms with Crippen molar-refractivity contribution < 1.29 is 9.21 Å². The molecule has 1 aromatic heterocycles. The van der Waals surface area contributed by atoms with E-state index < -0.39 is 0 Å². The van der Waals surface area contributed by atoms with Gasteiger partial charge in [0.15, 0.2) is 5.58 Å². The van der Waals surface area contributed by atoms with Crippen molar-refractivity contribution >= 4 is 23.0 Å². The molecule has 0 aliphatic heterocycles. The van der Waals surface area contributed by atoms with Gasteiger partial charge in [0.2, 0.25) is 5.91 Å².